The van der Waals surface area contributed by atoms with Crippen molar-refractivity contribution in [1.29, 1.82) is 0 Å². The highest BCUT2D eigenvalue weighted by Crippen LogP contribution is 2.23. The Hall–Kier alpha value is -2.67. The van der Waals surface area contributed by atoms with Crippen LogP contribution < -0.4 is 4.57 Å². The molecule has 1 nitrogen and oxygen atoms in total. The Kier molecular flexibility index (Phi) is 2.71. The van der Waals surface area contributed by atoms with Gasteiger partial charge >= 0.3 is 0 Å². The monoisotopic (exact) mass is 270 g/mol. The molecule has 3 aromatic carbocycles. The van der Waals surface area contributed by atoms with Gasteiger partial charge in [0.2, 0.25) is 11.2 Å². The van der Waals surface area contributed by atoms with E-state index in [0.29, 0.717) is 0 Å². The standard InChI is InChI=1S/C20H16N/c1-21-19-9-5-4-7-16(19)12-13-20(21)18-11-10-15-6-2-3-8-17(15)14-18/h2-14H,1H3/q+1. The van der Waals surface area contributed by atoms with Crippen LogP contribution in [0.1, 0.15) is 0 Å². The molecule has 0 aliphatic heterocycles. The van der Waals surface area contributed by atoms with Gasteiger partial charge in [-0.1, -0.05) is 42.5 Å². The molecule has 0 fully saturated rings. The molecule has 0 bridgehead atoms. The summed E-state index contributed by atoms with van der Waals surface area (Å²) in [6, 6.07) is 28.0. The van der Waals surface area contributed by atoms with Crippen LogP contribution in [0, 0.1) is 0 Å². The summed E-state index contributed by atoms with van der Waals surface area (Å²) in [5, 5.41) is 3.83. The zero-order chi connectivity index (χ0) is 14.2. The Morgan fingerprint density at radius 2 is 1.29 bits per heavy atom. The van der Waals surface area contributed by atoms with Gasteiger partial charge in [-0.15, -0.1) is 0 Å². The van der Waals surface area contributed by atoms with E-state index in [-0.39, 0.29) is 0 Å². The van der Waals surface area contributed by atoms with E-state index in [2.05, 4.69) is 90.5 Å². The highest BCUT2D eigenvalue weighted by molar-refractivity contribution is 5.87. The molecule has 0 saturated heterocycles. The molecule has 0 atom stereocenters. The summed E-state index contributed by atoms with van der Waals surface area (Å²) in [6.45, 7) is 0. The summed E-state index contributed by atoms with van der Waals surface area (Å²) in [7, 11) is 2.13. The SMILES string of the molecule is C[n+]1c(-c2ccc3ccccc3c2)ccc2ccccc21. The number of aryl methyl sites for hydroxylation is 1. The predicted octanol–water partition coefficient (Wildman–Crippen LogP) is 4.48. The summed E-state index contributed by atoms with van der Waals surface area (Å²) in [5.74, 6) is 0. The second-order valence-corrected chi connectivity index (χ2v) is 5.40. The molecule has 1 heteroatoms. The molecular formula is C20H16N+. The van der Waals surface area contributed by atoms with Crippen LogP contribution in [0.5, 0.6) is 0 Å². The van der Waals surface area contributed by atoms with Crippen LogP contribution in [0.2, 0.25) is 0 Å². The molecule has 0 N–H and O–H groups in total. The third kappa shape index (κ3) is 1.98. The molecule has 21 heavy (non-hydrogen) atoms. The van der Waals surface area contributed by atoms with Crippen LogP contribution >= 0.6 is 0 Å². The molecule has 0 saturated carbocycles. The maximum Gasteiger partial charge on any atom is 0.212 e. The number of pyridine rings is 1. The maximum absolute atomic E-state index is 2.26. The fraction of sp³-hybridized carbons (Fsp3) is 0.0500. The molecule has 4 rings (SSSR count). The highest BCUT2D eigenvalue weighted by atomic mass is 14.9. The van der Waals surface area contributed by atoms with E-state index in [0.717, 1.165) is 0 Å². The zero-order valence-electron chi connectivity index (χ0n) is 12.0. The molecule has 0 aliphatic rings. The minimum atomic E-state index is 1.24. The van der Waals surface area contributed by atoms with Crippen LogP contribution in [0.25, 0.3) is 32.9 Å². The van der Waals surface area contributed by atoms with E-state index < -0.39 is 0 Å². The van der Waals surface area contributed by atoms with Crippen LogP contribution in [-0.4, -0.2) is 0 Å². The van der Waals surface area contributed by atoms with Crippen molar-refractivity contribution in [3.63, 3.8) is 0 Å². The minimum Gasteiger partial charge on any atom is -0.194 e. The van der Waals surface area contributed by atoms with Gasteiger partial charge in [0.25, 0.3) is 0 Å². The first-order chi connectivity index (χ1) is 10.3. The number of hydrogen-bond donors (Lipinski definition) is 0. The number of nitrogens with zero attached hydrogens (tertiary/aromatic N) is 1. The van der Waals surface area contributed by atoms with E-state index in [1.54, 1.807) is 0 Å². The molecule has 0 aliphatic carbocycles. The third-order valence-electron chi connectivity index (χ3n) is 4.13. The minimum absolute atomic E-state index is 1.24. The van der Waals surface area contributed by atoms with Gasteiger partial charge in [0.15, 0.2) is 0 Å². The molecule has 0 amide bonds. The summed E-state index contributed by atoms with van der Waals surface area (Å²) < 4.78 is 2.26. The van der Waals surface area contributed by atoms with Crippen molar-refractivity contribution >= 4 is 21.7 Å². The van der Waals surface area contributed by atoms with Gasteiger partial charge in [0.1, 0.15) is 7.05 Å². The molecule has 0 radical (unpaired) electrons. The van der Waals surface area contributed by atoms with Gasteiger partial charge in [0, 0.05) is 23.1 Å². The molecule has 0 spiro atoms. The Labute approximate surface area is 124 Å². The highest BCUT2D eigenvalue weighted by Gasteiger charge is 2.13. The first kappa shape index (κ1) is 12.1. The van der Waals surface area contributed by atoms with Gasteiger partial charge < -0.3 is 0 Å². The maximum atomic E-state index is 2.26. The summed E-state index contributed by atoms with van der Waals surface area (Å²) in [5.41, 5.74) is 3.74. The van der Waals surface area contributed by atoms with Crippen molar-refractivity contribution in [2.45, 2.75) is 0 Å². The van der Waals surface area contributed by atoms with Gasteiger partial charge in [-0.05, 0) is 35.0 Å². The number of para-hydroxylation sites is 1. The van der Waals surface area contributed by atoms with E-state index in [1.807, 2.05) is 0 Å². The van der Waals surface area contributed by atoms with Gasteiger partial charge in [-0.3, -0.25) is 0 Å². The predicted molar refractivity (Wildman–Crippen MR) is 88.1 cm³/mol. The van der Waals surface area contributed by atoms with Crippen LogP contribution in [0.15, 0.2) is 78.9 Å². The van der Waals surface area contributed by atoms with Gasteiger partial charge in [-0.25, -0.2) is 0 Å². The molecule has 4 aromatic rings. The first-order valence-electron chi connectivity index (χ1n) is 7.20. The molecular weight excluding hydrogens is 254 g/mol. The number of fused-ring (bicyclic) bond motifs is 2. The van der Waals surface area contributed by atoms with Gasteiger partial charge in [-0.2, -0.15) is 4.57 Å². The normalized spacial score (nSPS) is 11.1. The summed E-state index contributed by atoms with van der Waals surface area (Å²) >= 11 is 0. The average molecular weight is 270 g/mol. The van der Waals surface area contributed by atoms with E-state index in [9.17, 15) is 0 Å². The van der Waals surface area contributed by atoms with Crippen molar-refractivity contribution in [3.8, 4) is 11.3 Å². The molecule has 1 heterocycles. The van der Waals surface area contributed by atoms with E-state index in [1.165, 1.54) is 32.9 Å². The fourth-order valence-electron chi connectivity index (χ4n) is 2.98. The lowest BCUT2D eigenvalue weighted by Crippen LogP contribution is -2.31. The molecule has 100 valence electrons. The largest absolute Gasteiger partial charge is 0.212 e. The smallest absolute Gasteiger partial charge is 0.194 e. The summed E-state index contributed by atoms with van der Waals surface area (Å²) in [4.78, 5) is 0. The third-order valence-corrected chi connectivity index (χ3v) is 4.13. The topological polar surface area (TPSA) is 3.88 Å². The number of rotatable bonds is 1. The first-order valence-corrected chi connectivity index (χ1v) is 7.20. The van der Waals surface area contributed by atoms with Gasteiger partial charge in [0.05, 0.1) is 0 Å². The second-order valence-electron chi connectivity index (χ2n) is 5.40. The Balaban J connectivity index is 1.97. The second kappa shape index (κ2) is 4.71. The van der Waals surface area contributed by atoms with E-state index in [4.69, 9.17) is 0 Å². The van der Waals surface area contributed by atoms with Crippen molar-refractivity contribution < 1.29 is 4.57 Å². The lowest BCUT2D eigenvalue weighted by molar-refractivity contribution is -0.633. The van der Waals surface area contributed by atoms with Crippen molar-refractivity contribution in [3.05, 3.63) is 78.9 Å². The van der Waals surface area contributed by atoms with Crippen molar-refractivity contribution in [2.24, 2.45) is 7.05 Å². The number of benzene rings is 3. The lowest BCUT2D eigenvalue weighted by Gasteiger charge is -2.05. The van der Waals surface area contributed by atoms with Crippen LogP contribution in [0.3, 0.4) is 0 Å². The Bertz CT molecular complexity index is 954. The van der Waals surface area contributed by atoms with Crippen LogP contribution in [-0.2, 0) is 7.05 Å². The van der Waals surface area contributed by atoms with Crippen molar-refractivity contribution in [1.82, 2.24) is 0 Å². The average Bonchev–Trinajstić information content (AvgIpc) is 2.55. The quantitative estimate of drug-likeness (QED) is 0.449. The summed E-state index contributed by atoms with van der Waals surface area (Å²) in [6.07, 6.45) is 0. The molecule has 1 aromatic heterocycles. The fourth-order valence-corrected chi connectivity index (χ4v) is 2.98. The lowest BCUT2D eigenvalue weighted by atomic mass is 10.0. The van der Waals surface area contributed by atoms with E-state index >= 15 is 0 Å². The molecule has 0 unspecified atom stereocenters. The number of aromatic nitrogens is 1. The Morgan fingerprint density at radius 1 is 0.619 bits per heavy atom. The number of hydrogen-bond acceptors (Lipinski definition) is 0. The van der Waals surface area contributed by atoms with Crippen LogP contribution in [0.4, 0.5) is 0 Å². The van der Waals surface area contributed by atoms with Crippen molar-refractivity contribution in [2.75, 3.05) is 0 Å². The zero-order valence-corrected chi connectivity index (χ0v) is 12.0. The Morgan fingerprint density at radius 3 is 2.14 bits per heavy atom.